The molecule has 5 fully saturated rings. The van der Waals surface area contributed by atoms with E-state index in [1.807, 2.05) is 110 Å². The molecule has 5 aliphatic rings. The van der Waals surface area contributed by atoms with Gasteiger partial charge in [-0.1, -0.05) is 130 Å². The smallest absolute Gasteiger partial charge is 0.414 e. The molecule has 0 saturated carbocycles. The maximum Gasteiger partial charge on any atom is 0.414 e. The second kappa shape index (κ2) is 52.1. The van der Waals surface area contributed by atoms with Crippen LogP contribution in [0.25, 0.3) is 44.0 Å². The number of hydrogen-bond acceptors (Lipinski definition) is 38. The van der Waals surface area contributed by atoms with Crippen LogP contribution in [-0.2, 0) is 28.5 Å². The van der Waals surface area contributed by atoms with Crippen LogP contribution in [0.4, 0.5) is 8.78 Å². The number of nitrogens with zero attached hydrogens (tertiary/aromatic N) is 17. The van der Waals surface area contributed by atoms with Gasteiger partial charge in [0.1, 0.15) is 80.7 Å². The number of ether oxygens (including phenoxy) is 11. The van der Waals surface area contributed by atoms with Gasteiger partial charge in [-0.25, -0.2) is 28.7 Å². The zero-order valence-corrected chi connectivity index (χ0v) is 83.8. The van der Waals surface area contributed by atoms with Crippen LogP contribution in [0.2, 0.25) is 5.02 Å². The highest BCUT2D eigenvalue weighted by molar-refractivity contribution is 7.13. The molecule has 10 atom stereocenters. The van der Waals surface area contributed by atoms with Gasteiger partial charge in [-0.15, -0.1) is 25.5 Å². The first kappa shape index (κ1) is 105. The van der Waals surface area contributed by atoms with Crippen molar-refractivity contribution in [2.45, 2.75) is 219 Å². The largest absolute Gasteiger partial charge is 0.484 e. The number of benzene rings is 5. The average Bonchev–Trinajstić information content (AvgIpc) is 1.31. The zero-order chi connectivity index (χ0) is 102. The molecule has 9 aromatic heterocycles. The molecule has 766 valence electrons. The lowest BCUT2D eigenvalue weighted by Gasteiger charge is -2.28. The summed E-state index contributed by atoms with van der Waals surface area (Å²) in [4.78, 5) is 92.6. The highest BCUT2D eigenvalue weighted by Crippen LogP contribution is 2.37. The van der Waals surface area contributed by atoms with Gasteiger partial charge in [-0.2, -0.15) is 0 Å². The molecule has 0 bridgehead atoms. The molecule has 0 spiro atoms. The second-order valence-corrected chi connectivity index (χ2v) is 37.2. The number of aryl methyl sites for hydroxylation is 4. The monoisotopic (exact) mass is 2050 g/mol. The van der Waals surface area contributed by atoms with Crippen LogP contribution in [0.3, 0.4) is 0 Å². The summed E-state index contributed by atoms with van der Waals surface area (Å²) in [6, 6.07) is 27.6. The Balaban J connectivity index is 0.000000136. The summed E-state index contributed by atoms with van der Waals surface area (Å²) in [6.45, 7) is 22.2. The van der Waals surface area contributed by atoms with Gasteiger partial charge < -0.3 is 91.9 Å². The van der Waals surface area contributed by atoms with E-state index in [2.05, 4.69) is 119 Å². The summed E-state index contributed by atoms with van der Waals surface area (Å²) in [5.41, 5.74) is 9.41. The number of pyridine rings is 1. The number of nitrogens with one attached hydrogen (secondary N) is 5. The minimum atomic E-state index is -0.618. The molecule has 5 aliphatic heterocycles. The zero-order valence-electron chi connectivity index (χ0n) is 81.4. The first-order chi connectivity index (χ1) is 70.4. The van der Waals surface area contributed by atoms with Crippen molar-refractivity contribution in [2.75, 3.05) is 72.7 Å². The molecule has 5 saturated heterocycles. The Bertz CT molecular complexity index is 6280. The van der Waals surface area contributed by atoms with Gasteiger partial charge in [0.05, 0.1) is 159 Å². The van der Waals surface area contributed by atoms with Crippen LogP contribution in [-0.4, -0.2) is 218 Å². The lowest BCUT2D eigenvalue weighted by atomic mass is 10.0. The minimum Gasteiger partial charge on any atom is -0.484 e. The highest BCUT2D eigenvalue weighted by atomic mass is 35.5. The molecule has 14 heterocycles. The molecule has 0 radical (unpaired) electrons. The van der Waals surface area contributed by atoms with Crippen LogP contribution in [0.5, 0.6) is 34.4 Å². The molecule has 0 aliphatic carbocycles. The van der Waals surface area contributed by atoms with E-state index in [4.69, 9.17) is 77.0 Å². The van der Waals surface area contributed by atoms with E-state index in [1.54, 1.807) is 25.1 Å². The summed E-state index contributed by atoms with van der Waals surface area (Å²) in [5.74, 6) is -0.868. The van der Waals surface area contributed by atoms with Crippen molar-refractivity contribution in [3.8, 4) is 34.4 Å². The Labute approximate surface area is 845 Å². The summed E-state index contributed by atoms with van der Waals surface area (Å²) < 4.78 is 105. The first-order valence-corrected chi connectivity index (χ1v) is 50.2. The Morgan fingerprint density at radius 2 is 0.731 bits per heavy atom. The predicted octanol–water partition coefficient (Wildman–Crippen LogP) is 15.8. The third-order valence-corrected chi connectivity index (χ3v) is 25.1. The van der Waals surface area contributed by atoms with Crippen molar-refractivity contribution in [1.29, 1.82) is 0 Å². The SMILES string of the molecule is CCCOc1nnc([C@@H]2CC[C@@H](NC(=O)COc3ccc(C)c(F)c3)CO2)s1.CCCOc1nnc([C@@H]2CC[C@@H](NC(=O)c3cnc4cc(C)ccc4n3)CO2)s1.CCCOc1nnc([C@H]2CC[C@H](NC(=O)c3ccc4cc(C)ccc4n3)CO2)o1.CCCOc1nnc([C@H]2CC[C@H](NC(=O)c3cnc4cc(C)ccc4n3)CO2)o1.CCCOc1nnc([C@H]2CC[C@H](NC(=O)c3cnc4cc(Cl)c(F)cc4n3)CO2)o1. The molecule has 145 heavy (non-hydrogen) atoms. The average molecular weight is 2050 g/mol. The van der Waals surface area contributed by atoms with E-state index >= 15 is 0 Å². The molecule has 46 heteroatoms. The molecule has 5 N–H and O–H groups in total. The Kier molecular flexibility index (Phi) is 37.9. The standard InChI is InChI=1S/C21H24N4O4.C20H23N5O4.C20H23N5O3S.C19H19ClFN5O4.C19H24FN3O4S/c1-3-10-27-21-25-24-20(29-21)18-9-6-15(12-28-18)22-19(26)17-8-5-14-11-13(2)4-7-16(14)23-17;2*1-3-8-27-20-25-24-19(29-20)17-7-5-13(11-28-17)22-18(26)16-10-21-15-9-12(2)4-6-14(15)23-16;1-2-5-28-19-26-25-18(30-19)16-4-3-10(9-29-16)23-17(27)15-8-22-13-6-11(20)12(21)7-14(13)24-15;1-3-8-25-19-23-22-18(28-19)16-7-5-13(10-27-16)21-17(24)11-26-14-6-4-12(2)15(20)9-14/h4-5,7-8,11,15,18H,3,6,9-10,12H2,1-2H3,(H,22,26);2*4,6,9-10,13,17H,3,5,7-8,11H2,1-2H3,(H,22,26);6-8,10,16H,2-5,9H2,1H3,(H,23,27);4,6,9,13,16H,3,5,7-8,10-11H2,1-2H3,(H,21,24)/t15-,18+;2*13-,17+;10-,16+;13-,16+/m00101/s1. The summed E-state index contributed by atoms with van der Waals surface area (Å²) >= 11 is 8.55. The fourth-order valence-electron chi connectivity index (χ4n) is 15.4. The fraction of sp³-hybridized carbons (Fsp3) is 0.455. The molecular formula is C99H113ClF2N22O19S2. The number of halogens is 3. The van der Waals surface area contributed by atoms with Crippen molar-refractivity contribution >= 4 is 108 Å². The third-order valence-electron chi connectivity index (χ3n) is 23.0. The molecule has 14 aromatic rings. The lowest BCUT2D eigenvalue weighted by molar-refractivity contribution is -0.125. The quantitative estimate of drug-likeness (QED) is 0.0261. The van der Waals surface area contributed by atoms with Gasteiger partial charge >= 0.3 is 18.2 Å². The van der Waals surface area contributed by atoms with Crippen LogP contribution < -0.4 is 55.0 Å². The summed E-state index contributed by atoms with van der Waals surface area (Å²) in [6.07, 6.45) is 15.1. The molecular weight excluding hydrogens is 1940 g/mol. The first-order valence-electron chi connectivity index (χ1n) is 48.2. The highest BCUT2D eigenvalue weighted by Gasteiger charge is 2.35. The van der Waals surface area contributed by atoms with Gasteiger partial charge in [0.25, 0.3) is 39.9 Å². The maximum absolute atomic E-state index is 13.7. The van der Waals surface area contributed by atoms with Gasteiger partial charge in [0, 0.05) is 17.5 Å². The van der Waals surface area contributed by atoms with Gasteiger partial charge in [-0.3, -0.25) is 38.9 Å². The van der Waals surface area contributed by atoms with E-state index < -0.39 is 11.7 Å². The lowest BCUT2D eigenvalue weighted by Crippen LogP contribution is -2.43. The number of carbonyl (C=O) groups is 5. The number of amides is 5. The van der Waals surface area contributed by atoms with Crippen molar-refractivity contribution < 1.29 is 98.1 Å². The molecule has 0 unspecified atom stereocenters. The van der Waals surface area contributed by atoms with Crippen molar-refractivity contribution in [1.82, 2.24) is 112 Å². The molecule has 19 rings (SSSR count). The Morgan fingerprint density at radius 1 is 0.359 bits per heavy atom. The van der Waals surface area contributed by atoms with Crippen LogP contribution >= 0.6 is 34.3 Å². The second-order valence-electron chi connectivity index (χ2n) is 34.8. The molecule has 5 aromatic carbocycles. The van der Waals surface area contributed by atoms with E-state index in [0.29, 0.717) is 152 Å². The van der Waals surface area contributed by atoms with Crippen LogP contribution in [0.15, 0.2) is 129 Å². The van der Waals surface area contributed by atoms with Gasteiger partial charge in [-0.05, 0) is 195 Å². The maximum atomic E-state index is 13.7. The van der Waals surface area contributed by atoms with Crippen LogP contribution in [0, 0.1) is 39.3 Å². The van der Waals surface area contributed by atoms with E-state index in [-0.39, 0.29) is 144 Å². The van der Waals surface area contributed by atoms with Crippen molar-refractivity contribution in [3.05, 3.63) is 205 Å². The summed E-state index contributed by atoms with van der Waals surface area (Å²) in [5, 5.41) is 58.3. The van der Waals surface area contributed by atoms with E-state index in [0.717, 1.165) is 125 Å². The number of rotatable bonds is 32. The third kappa shape index (κ3) is 30.2. The number of aromatic nitrogens is 17. The van der Waals surface area contributed by atoms with Crippen LogP contribution in [0.1, 0.15) is 253 Å². The van der Waals surface area contributed by atoms with Crippen molar-refractivity contribution in [3.63, 3.8) is 0 Å². The molecule has 5 amide bonds. The van der Waals surface area contributed by atoms with E-state index in [1.165, 1.54) is 53.4 Å². The fourth-order valence-corrected chi connectivity index (χ4v) is 17.1. The number of carbonyl (C=O) groups excluding carboxylic acids is 5. The van der Waals surface area contributed by atoms with E-state index in [9.17, 15) is 32.8 Å². The Hall–Kier alpha value is -13.8. The Morgan fingerprint density at radius 3 is 1.14 bits per heavy atom. The molecule has 41 nitrogen and oxygen atoms in total. The van der Waals surface area contributed by atoms with Gasteiger partial charge in [0.15, 0.2) is 6.61 Å². The number of fused-ring (bicyclic) bond motifs is 4. The van der Waals surface area contributed by atoms with Crippen molar-refractivity contribution in [2.24, 2.45) is 0 Å². The topological polar surface area (TPSA) is 506 Å². The number of hydrogen-bond donors (Lipinski definition) is 5. The minimum absolute atomic E-state index is 0.0480. The predicted molar refractivity (Wildman–Crippen MR) is 524 cm³/mol. The van der Waals surface area contributed by atoms with Gasteiger partial charge in [0.2, 0.25) is 17.7 Å². The normalized spacial score (nSPS) is 19.2. The summed E-state index contributed by atoms with van der Waals surface area (Å²) in [7, 11) is 0.